The van der Waals surface area contributed by atoms with Crippen molar-refractivity contribution in [1.82, 2.24) is 0 Å². The van der Waals surface area contributed by atoms with Gasteiger partial charge in [-0.05, 0) is 49.1 Å². The Balaban J connectivity index is 1.59. The molecule has 1 nitrogen and oxygen atoms in total. The number of hydrogen-bond donors (Lipinski definition) is 0. The molecule has 0 bridgehead atoms. The van der Waals surface area contributed by atoms with Gasteiger partial charge in [0.2, 0.25) is 0 Å². The summed E-state index contributed by atoms with van der Waals surface area (Å²) in [5.74, 6) is 1.64. The smallest absolute Gasteiger partial charge is 0.263 e. The molecule has 1 radical (unpaired) electrons. The number of benzene rings is 2. The minimum absolute atomic E-state index is 0.178. The van der Waals surface area contributed by atoms with Gasteiger partial charge in [0.05, 0.1) is 6.92 Å². The number of ether oxygens (including phenoxy) is 1. The first kappa shape index (κ1) is 18.5. The Morgan fingerprint density at radius 2 is 1.54 bits per heavy atom. The monoisotopic (exact) mass is 346 g/mol. The summed E-state index contributed by atoms with van der Waals surface area (Å²) in [5.41, 5.74) is 3.07. The molecule has 2 aromatic rings. The Bertz CT molecular complexity index is 688. The highest BCUT2D eigenvalue weighted by Gasteiger charge is 2.54. The zero-order chi connectivity index (χ0) is 18.2. The average Bonchev–Trinajstić information content (AvgIpc) is 3.44. The van der Waals surface area contributed by atoms with E-state index in [0.717, 1.165) is 18.6 Å². The topological polar surface area (TPSA) is 11.3 Å². The summed E-state index contributed by atoms with van der Waals surface area (Å²) >= 11 is 0. The highest BCUT2D eigenvalue weighted by atomic mass is 16.5. The molecule has 135 valence electrons. The van der Waals surface area contributed by atoms with E-state index in [1.54, 1.807) is 7.11 Å². The third kappa shape index (κ3) is 4.27. The van der Waals surface area contributed by atoms with Gasteiger partial charge >= 0.3 is 5.76 Å². The van der Waals surface area contributed by atoms with Crippen molar-refractivity contribution in [2.45, 2.75) is 44.4 Å². The molecule has 0 heterocycles. The Kier molecular flexibility index (Phi) is 6.33. The average molecular weight is 347 g/mol. The molecular weight excluding hydrogens is 316 g/mol. The van der Waals surface area contributed by atoms with E-state index >= 15 is 0 Å². The summed E-state index contributed by atoms with van der Waals surface area (Å²) in [6.07, 6.45) is 13.0. The van der Waals surface area contributed by atoms with Gasteiger partial charge in [-0.2, -0.15) is 0 Å². The second-order valence-corrected chi connectivity index (χ2v) is 7.25. The SMILES string of the molecule is C[O+]C(C)=CCCCC/C=C/C1CC1(c1ccccc1)c1ccccc1. The molecule has 0 spiro atoms. The van der Waals surface area contributed by atoms with E-state index in [4.69, 9.17) is 4.74 Å². The molecule has 0 aromatic heterocycles. The Labute approximate surface area is 158 Å². The molecule has 26 heavy (non-hydrogen) atoms. The molecule has 0 aliphatic heterocycles. The molecule has 1 aliphatic carbocycles. The molecule has 0 amide bonds. The van der Waals surface area contributed by atoms with Crippen LogP contribution in [0, 0.1) is 5.92 Å². The van der Waals surface area contributed by atoms with Crippen molar-refractivity contribution in [3.05, 3.63) is 95.8 Å². The lowest BCUT2D eigenvalue weighted by atomic mass is 9.85. The number of hydrogen-bond acceptors (Lipinski definition) is 1. The fraction of sp³-hybridized carbons (Fsp3) is 0.360. The Hall–Kier alpha value is -2.28. The van der Waals surface area contributed by atoms with Crippen LogP contribution in [-0.4, -0.2) is 7.11 Å². The lowest BCUT2D eigenvalue weighted by molar-refractivity contribution is 0.291. The molecule has 1 atom stereocenters. The van der Waals surface area contributed by atoms with Gasteiger partial charge in [-0.15, -0.1) is 0 Å². The van der Waals surface area contributed by atoms with Crippen LogP contribution < -0.4 is 0 Å². The lowest BCUT2D eigenvalue weighted by Gasteiger charge is -2.18. The fourth-order valence-corrected chi connectivity index (χ4v) is 3.88. The van der Waals surface area contributed by atoms with Crippen LogP contribution in [0.2, 0.25) is 0 Å². The second kappa shape index (κ2) is 8.89. The maximum Gasteiger partial charge on any atom is 0.312 e. The molecule has 1 unspecified atom stereocenters. The molecule has 3 rings (SSSR count). The van der Waals surface area contributed by atoms with Crippen molar-refractivity contribution in [2.24, 2.45) is 5.92 Å². The van der Waals surface area contributed by atoms with Gasteiger partial charge in [-0.3, -0.25) is 4.74 Å². The third-order valence-electron chi connectivity index (χ3n) is 5.54. The van der Waals surface area contributed by atoms with Crippen LogP contribution in [0.5, 0.6) is 0 Å². The normalized spacial score (nSPS) is 18.8. The molecule has 0 saturated heterocycles. The van der Waals surface area contributed by atoms with E-state index in [-0.39, 0.29) is 5.41 Å². The van der Waals surface area contributed by atoms with Crippen LogP contribution >= 0.6 is 0 Å². The number of allylic oxidation sites excluding steroid dienone is 4. The van der Waals surface area contributed by atoms with Gasteiger partial charge in [0.25, 0.3) is 7.11 Å². The van der Waals surface area contributed by atoms with Crippen molar-refractivity contribution in [2.75, 3.05) is 7.11 Å². The highest BCUT2D eigenvalue weighted by molar-refractivity contribution is 5.48. The number of rotatable bonds is 9. The summed E-state index contributed by atoms with van der Waals surface area (Å²) in [6, 6.07) is 22.0. The molecule has 1 saturated carbocycles. The standard InChI is InChI=1S/C25H30O/c1-21(26-2)14-8-4-3-5-9-19-24-20-25(24,22-15-10-6-11-16-22)23-17-12-7-13-18-23/h6-7,9-19,24H,3-5,8,20H2,1-2H3/q+1/b19-9+,21-14?. The molecular formula is C25H30O+. The Morgan fingerprint density at radius 3 is 2.12 bits per heavy atom. The van der Waals surface area contributed by atoms with Crippen LogP contribution in [0.3, 0.4) is 0 Å². The van der Waals surface area contributed by atoms with Gasteiger partial charge in [0, 0.05) is 11.5 Å². The molecule has 2 aromatic carbocycles. The Morgan fingerprint density at radius 1 is 0.962 bits per heavy atom. The van der Waals surface area contributed by atoms with Gasteiger partial charge in [0.1, 0.15) is 0 Å². The van der Waals surface area contributed by atoms with Crippen molar-refractivity contribution in [3.8, 4) is 0 Å². The lowest BCUT2D eigenvalue weighted by Crippen LogP contribution is -2.11. The van der Waals surface area contributed by atoms with Crippen LogP contribution in [0.4, 0.5) is 0 Å². The van der Waals surface area contributed by atoms with Crippen molar-refractivity contribution >= 4 is 0 Å². The summed E-state index contributed by atoms with van der Waals surface area (Å²) in [4.78, 5) is 0. The van der Waals surface area contributed by atoms with Gasteiger partial charge in [-0.25, -0.2) is 0 Å². The first-order valence-corrected chi connectivity index (χ1v) is 9.76. The van der Waals surface area contributed by atoms with E-state index in [0.29, 0.717) is 5.92 Å². The second-order valence-electron chi connectivity index (χ2n) is 7.25. The third-order valence-corrected chi connectivity index (χ3v) is 5.54. The molecule has 1 fully saturated rings. The number of unbranched alkanes of at least 4 members (excludes halogenated alkanes) is 3. The van der Waals surface area contributed by atoms with E-state index in [2.05, 4.69) is 78.9 Å². The van der Waals surface area contributed by atoms with Crippen LogP contribution in [-0.2, 0) is 10.2 Å². The molecule has 1 aliphatic rings. The quantitative estimate of drug-likeness (QED) is 0.214. The van der Waals surface area contributed by atoms with E-state index in [1.165, 1.54) is 30.4 Å². The van der Waals surface area contributed by atoms with Crippen LogP contribution in [0.1, 0.15) is 50.2 Å². The van der Waals surface area contributed by atoms with Crippen molar-refractivity contribution in [1.29, 1.82) is 0 Å². The maximum absolute atomic E-state index is 5.17. The highest BCUT2D eigenvalue weighted by Crippen LogP contribution is 2.59. The minimum Gasteiger partial charge on any atom is -0.263 e. The summed E-state index contributed by atoms with van der Waals surface area (Å²) in [7, 11) is 1.73. The maximum atomic E-state index is 5.17. The zero-order valence-electron chi connectivity index (χ0n) is 16.0. The van der Waals surface area contributed by atoms with E-state index in [9.17, 15) is 0 Å². The summed E-state index contributed by atoms with van der Waals surface area (Å²) in [5, 5.41) is 0. The van der Waals surface area contributed by atoms with E-state index in [1.807, 2.05) is 6.92 Å². The summed E-state index contributed by atoms with van der Waals surface area (Å²) < 4.78 is 5.17. The van der Waals surface area contributed by atoms with Crippen LogP contribution in [0.25, 0.3) is 0 Å². The zero-order valence-corrected chi connectivity index (χ0v) is 16.0. The minimum atomic E-state index is 0.178. The first-order valence-electron chi connectivity index (χ1n) is 9.76. The number of methoxy groups -OCH3 is 1. The first-order chi connectivity index (χ1) is 12.8. The molecule has 0 N–H and O–H groups in total. The van der Waals surface area contributed by atoms with Crippen molar-refractivity contribution in [3.63, 3.8) is 0 Å². The van der Waals surface area contributed by atoms with Gasteiger partial charge in [-0.1, -0.05) is 72.8 Å². The fourth-order valence-electron chi connectivity index (χ4n) is 3.88. The van der Waals surface area contributed by atoms with Gasteiger partial charge < -0.3 is 0 Å². The molecule has 1 heteroatoms. The largest absolute Gasteiger partial charge is 0.312 e. The predicted octanol–water partition coefficient (Wildman–Crippen LogP) is 6.66. The van der Waals surface area contributed by atoms with Crippen molar-refractivity contribution < 1.29 is 4.74 Å². The van der Waals surface area contributed by atoms with E-state index < -0.39 is 0 Å². The van der Waals surface area contributed by atoms with Crippen LogP contribution in [0.15, 0.2) is 84.7 Å². The van der Waals surface area contributed by atoms with Gasteiger partial charge in [0.15, 0.2) is 0 Å². The summed E-state index contributed by atoms with van der Waals surface area (Å²) in [6.45, 7) is 2.01. The predicted molar refractivity (Wildman–Crippen MR) is 110 cm³/mol.